The molecule has 28 heavy (non-hydrogen) atoms. The van der Waals surface area contributed by atoms with Gasteiger partial charge in [0, 0.05) is 49.4 Å². The summed E-state index contributed by atoms with van der Waals surface area (Å²) >= 11 is 5.99. The molecule has 0 spiro atoms. The van der Waals surface area contributed by atoms with Gasteiger partial charge in [-0.25, -0.2) is 0 Å². The summed E-state index contributed by atoms with van der Waals surface area (Å²) < 4.78 is 5.23. The molecule has 4 rings (SSSR count). The number of hydrogen-bond acceptors (Lipinski definition) is 5. The van der Waals surface area contributed by atoms with E-state index in [-0.39, 0.29) is 18.2 Å². The van der Waals surface area contributed by atoms with Crippen LogP contribution >= 0.6 is 11.6 Å². The Morgan fingerprint density at radius 1 is 1.00 bits per heavy atom. The molecular weight excluding hydrogens is 376 g/mol. The van der Waals surface area contributed by atoms with Gasteiger partial charge in [0.05, 0.1) is 7.11 Å². The lowest BCUT2D eigenvalue weighted by Crippen LogP contribution is -2.64. The van der Waals surface area contributed by atoms with Crippen molar-refractivity contribution in [2.24, 2.45) is 0 Å². The van der Waals surface area contributed by atoms with E-state index in [9.17, 15) is 4.79 Å². The predicted molar refractivity (Wildman–Crippen MR) is 111 cm³/mol. The molecule has 2 aromatic rings. The molecule has 1 amide bonds. The highest BCUT2D eigenvalue weighted by Crippen LogP contribution is 2.24. The normalized spacial score (nSPS) is 23.4. The average Bonchev–Trinajstić information content (AvgIpc) is 2.74. The minimum atomic E-state index is -0.153. The third-order valence-corrected chi connectivity index (χ3v) is 5.69. The number of piperazine rings is 1. The summed E-state index contributed by atoms with van der Waals surface area (Å²) in [6.45, 7) is 3.56. The number of carbonyl (C=O) groups excluding carboxylic acids is 1. The van der Waals surface area contributed by atoms with Crippen molar-refractivity contribution in [1.29, 1.82) is 0 Å². The number of nitrogens with one attached hydrogen (secondary N) is 2. The van der Waals surface area contributed by atoms with Gasteiger partial charge in [-0.2, -0.15) is 0 Å². The van der Waals surface area contributed by atoms with E-state index in [1.54, 1.807) is 7.11 Å². The fourth-order valence-corrected chi connectivity index (χ4v) is 3.95. The predicted octanol–water partition coefficient (Wildman–Crippen LogP) is 2.61. The van der Waals surface area contributed by atoms with Crippen LogP contribution in [-0.2, 0) is 4.79 Å². The van der Waals surface area contributed by atoms with Crippen LogP contribution in [0, 0.1) is 0 Å². The van der Waals surface area contributed by atoms with Crippen molar-refractivity contribution in [2.75, 3.05) is 38.2 Å². The number of anilines is 1. The molecule has 0 radical (unpaired) electrons. The maximum atomic E-state index is 12.3. The van der Waals surface area contributed by atoms with Gasteiger partial charge in [0.25, 0.3) is 0 Å². The van der Waals surface area contributed by atoms with Crippen molar-refractivity contribution in [3.05, 3.63) is 59.1 Å². The molecule has 2 heterocycles. The zero-order chi connectivity index (χ0) is 19.5. The minimum absolute atomic E-state index is 0.00404. The summed E-state index contributed by atoms with van der Waals surface area (Å²) in [5, 5.41) is 7.36. The Kier molecular flexibility index (Phi) is 5.71. The van der Waals surface area contributed by atoms with Crippen LogP contribution in [0.25, 0.3) is 0 Å². The summed E-state index contributed by atoms with van der Waals surface area (Å²) in [6, 6.07) is 15.9. The van der Waals surface area contributed by atoms with E-state index < -0.39 is 0 Å². The number of methoxy groups -OCH3 is 1. The molecule has 0 aliphatic carbocycles. The molecule has 2 fully saturated rings. The fraction of sp³-hybridized carbons (Fsp3) is 0.381. The smallest absolute Gasteiger partial charge is 0.224 e. The second-order valence-corrected chi connectivity index (χ2v) is 7.60. The lowest BCUT2D eigenvalue weighted by Gasteiger charge is -2.43. The van der Waals surface area contributed by atoms with Crippen LogP contribution in [0.2, 0.25) is 5.02 Å². The lowest BCUT2D eigenvalue weighted by atomic mass is 10.0. The Balaban J connectivity index is 1.37. The third-order valence-electron chi connectivity index (χ3n) is 5.44. The van der Waals surface area contributed by atoms with E-state index in [0.717, 1.165) is 37.5 Å². The number of benzene rings is 2. The van der Waals surface area contributed by atoms with E-state index in [1.807, 2.05) is 36.4 Å². The first-order valence-corrected chi connectivity index (χ1v) is 9.94. The van der Waals surface area contributed by atoms with Crippen LogP contribution in [0.1, 0.15) is 18.0 Å². The van der Waals surface area contributed by atoms with Crippen molar-refractivity contribution in [3.63, 3.8) is 0 Å². The first-order chi connectivity index (χ1) is 13.6. The zero-order valence-corrected chi connectivity index (χ0v) is 16.7. The second kappa shape index (κ2) is 8.39. The molecule has 2 unspecified atom stereocenters. The molecule has 7 heteroatoms. The van der Waals surface area contributed by atoms with Crippen LogP contribution < -0.4 is 20.3 Å². The molecule has 2 aliphatic heterocycles. The van der Waals surface area contributed by atoms with E-state index in [1.165, 1.54) is 5.69 Å². The molecular formula is C21H25ClN4O2. The van der Waals surface area contributed by atoms with Crippen LogP contribution in [0.3, 0.4) is 0 Å². The van der Waals surface area contributed by atoms with Crippen molar-refractivity contribution in [2.45, 2.75) is 18.8 Å². The monoisotopic (exact) mass is 400 g/mol. The minimum Gasteiger partial charge on any atom is -0.497 e. The molecule has 2 N–H and O–H groups in total. The van der Waals surface area contributed by atoms with Crippen LogP contribution in [0.15, 0.2) is 48.5 Å². The van der Waals surface area contributed by atoms with Gasteiger partial charge < -0.3 is 15.0 Å². The number of nitrogens with zero attached hydrogens (tertiary/aromatic N) is 2. The SMILES string of the molecule is COc1ccc(N2CCN(C3NC(=O)CC(c4ccc(Cl)cc4)N3)CC2)cc1. The average molecular weight is 401 g/mol. The molecule has 6 nitrogen and oxygen atoms in total. The second-order valence-electron chi connectivity index (χ2n) is 7.17. The summed E-state index contributed by atoms with van der Waals surface area (Å²) in [6.07, 6.45) is 0.282. The van der Waals surface area contributed by atoms with Gasteiger partial charge >= 0.3 is 0 Å². The Morgan fingerprint density at radius 2 is 1.68 bits per heavy atom. The molecule has 2 aromatic carbocycles. The molecule has 0 bridgehead atoms. The molecule has 148 valence electrons. The quantitative estimate of drug-likeness (QED) is 0.826. The molecule has 0 saturated carbocycles. The van der Waals surface area contributed by atoms with E-state index in [0.29, 0.717) is 11.4 Å². The maximum absolute atomic E-state index is 12.3. The van der Waals surface area contributed by atoms with Crippen molar-refractivity contribution >= 4 is 23.2 Å². The van der Waals surface area contributed by atoms with Gasteiger partial charge in [0.15, 0.2) is 0 Å². The summed E-state index contributed by atoms with van der Waals surface area (Å²) in [5.74, 6) is 0.936. The van der Waals surface area contributed by atoms with E-state index in [4.69, 9.17) is 16.3 Å². The van der Waals surface area contributed by atoms with Crippen molar-refractivity contribution in [3.8, 4) is 5.75 Å². The highest BCUT2D eigenvalue weighted by molar-refractivity contribution is 6.30. The number of rotatable bonds is 4. The lowest BCUT2D eigenvalue weighted by molar-refractivity contribution is -0.127. The Labute approximate surface area is 170 Å². The summed E-state index contributed by atoms with van der Waals surface area (Å²) in [7, 11) is 1.68. The van der Waals surface area contributed by atoms with E-state index in [2.05, 4.69) is 32.6 Å². The Morgan fingerprint density at radius 3 is 2.32 bits per heavy atom. The number of carbonyl (C=O) groups is 1. The standard InChI is InChI=1S/C21H25ClN4O2/c1-28-18-8-6-17(7-9-18)25-10-12-26(13-11-25)21-23-19(14-20(27)24-21)15-2-4-16(22)5-3-15/h2-9,19,21,23H,10-14H2,1H3,(H,24,27). The van der Waals surface area contributed by atoms with Gasteiger partial charge in [-0.15, -0.1) is 0 Å². The number of halogens is 1. The number of hydrogen-bond donors (Lipinski definition) is 2. The van der Waals surface area contributed by atoms with Gasteiger partial charge in [-0.05, 0) is 42.0 Å². The van der Waals surface area contributed by atoms with Crippen molar-refractivity contribution in [1.82, 2.24) is 15.5 Å². The van der Waals surface area contributed by atoms with Crippen LogP contribution in [0.4, 0.5) is 5.69 Å². The van der Waals surface area contributed by atoms with Crippen LogP contribution in [0.5, 0.6) is 5.75 Å². The van der Waals surface area contributed by atoms with Gasteiger partial charge in [-0.3, -0.25) is 15.0 Å². The first kappa shape index (κ1) is 19.1. The van der Waals surface area contributed by atoms with Crippen molar-refractivity contribution < 1.29 is 9.53 Å². The summed E-state index contributed by atoms with van der Waals surface area (Å²) in [4.78, 5) is 16.9. The molecule has 0 aromatic heterocycles. The fourth-order valence-electron chi connectivity index (χ4n) is 3.83. The Bertz CT molecular complexity index is 804. The maximum Gasteiger partial charge on any atom is 0.224 e. The number of ether oxygens (including phenoxy) is 1. The highest BCUT2D eigenvalue weighted by atomic mass is 35.5. The first-order valence-electron chi connectivity index (χ1n) is 9.56. The van der Waals surface area contributed by atoms with Gasteiger partial charge in [0.2, 0.25) is 5.91 Å². The molecule has 2 atom stereocenters. The summed E-state index contributed by atoms with van der Waals surface area (Å²) in [5.41, 5.74) is 2.28. The third kappa shape index (κ3) is 4.24. The Hall–Kier alpha value is -2.28. The highest BCUT2D eigenvalue weighted by Gasteiger charge is 2.32. The zero-order valence-electron chi connectivity index (χ0n) is 15.9. The topological polar surface area (TPSA) is 56.8 Å². The molecule has 2 saturated heterocycles. The number of amides is 1. The van der Waals surface area contributed by atoms with Crippen LogP contribution in [-0.4, -0.2) is 50.4 Å². The van der Waals surface area contributed by atoms with Gasteiger partial charge in [-0.1, -0.05) is 23.7 Å². The molecule has 2 aliphatic rings. The van der Waals surface area contributed by atoms with E-state index >= 15 is 0 Å². The largest absolute Gasteiger partial charge is 0.497 e. The van der Waals surface area contributed by atoms with Gasteiger partial charge in [0.1, 0.15) is 12.0 Å².